The van der Waals surface area contributed by atoms with Gasteiger partial charge in [-0.3, -0.25) is 0 Å². The molecule has 0 saturated carbocycles. The van der Waals surface area contributed by atoms with E-state index in [1.54, 1.807) is 0 Å². The zero-order valence-corrected chi connectivity index (χ0v) is 13.4. The smallest absolute Gasteiger partial charge is 0.144 e. The molecule has 0 spiro atoms. The van der Waals surface area contributed by atoms with Crippen LogP contribution in [0.1, 0.15) is 38.7 Å². The van der Waals surface area contributed by atoms with Gasteiger partial charge in [0.1, 0.15) is 10.5 Å². The van der Waals surface area contributed by atoms with E-state index < -0.39 is 0 Å². The average molecular weight is 331 g/mol. The maximum Gasteiger partial charge on any atom is 0.144 e. The fraction of sp³-hybridized carbons (Fsp3) is 0.692. The third kappa shape index (κ3) is 3.19. The predicted octanol–water partition coefficient (Wildman–Crippen LogP) is 3.78. The number of rotatable bonds is 2. The Morgan fingerprint density at radius 2 is 2.22 bits per heavy atom. The molecule has 1 aromatic rings. The quantitative estimate of drug-likeness (QED) is 0.838. The first kappa shape index (κ1) is 14.2. The van der Waals surface area contributed by atoms with E-state index in [1.807, 2.05) is 0 Å². The van der Waals surface area contributed by atoms with Gasteiger partial charge >= 0.3 is 0 Å². The summed E-state index contributed by atoms with van der Waals surface area (Å²) in [6, 6.07) is 0. The van der Waals surface area contributed by atoms with E-state index in [4.69, 9.17) is 17.0 Å². The van der Waals surface area contributed by atoms with Crippen LogP contribution in [0.3, 0.4) is 0 Å². The van der Waals surface area contributed by atoms with Gasteiger partial charge < -0.3 is 9.72 Å². The van der Waals surface area contributed by atoms with Crippen LogP contribution in [0.4, 0.5) is 0 Å². The lowest BCUT2D eigenvalue weighted by Gasteiger charge is -2.21. The Labute approximate surface area is 121 Å². The molecular formula is C13H19BrN2OS. The highest BCUT2D eigenvalue weighted by molar-refractivity contribution is 9.10. The van der Waals surface area contributed by atoms with E-state index in [2.05, 4.69) is 46.7 Å². The van der Waals surface area contributed by atoms with E-state index in [0.29, 0.717) is 10.6 Å². The van der Waals surface area contributed by atoms with Gasteiger partial charge in [0.2, 0.25) is 0 Å². The Morgan fingerprint density at radius 1 is 1.50 bits per heavy atom. The summed E-state index contributed by atoms with van der Waals surface area (Å²) in [4.78, 5) is 7.91. The first-order valence-electron chi connectivity index (χ1n) is 6.25. The second kappa shape index (κ2) is 5.39. The number of hydrogen-bond acceptors (Lipinski definition) is 3. The Kier molecular flexibility index (Phi) is 4.24. The average Bonchev–Trinajstić information content (AvgIpc) is 2.74. The Hall–Kier alpha value is -0.260. The number of ether oxygens (including phenoxy) is 1. The Bertz CT molecular complexity index is 487. The van der Waals surface area contributed by atoms with Gasteiger partial charge in [0, 0.05) is 30.7 Å². The minimum Gasteiger partial charge on any atom is -0.381 e. The summed E-state index contributed by atoms with van der Waals surface area (Å²) in [6.07, 6.45) is 2.03. The fourth-order valence-corrected chi connectivity index (χ4v) is 3.13. The van der Waals surface area contributed by atoms with Crippen molar-refractivity contribution >= 4 is 28.1 Å². The first-order chi connectivity index (χ1) is 8.38. The van der Waals surface area contributed by atoms with E-state index in [-0.39, 0.29) is 5.41 Å². The van der Waals surface area contributed by atoms with E-state index in [0.717, 1.165) is 42.0 Å². The molecule has 1 fully saturated rings. The van der Waals surface area contributed by atoms with Crippen molar-refractivity contribution in [2.24, 2.45) is 5.92 Å². The number of aromatic nitrogens is 2. The molecule has 1 unspecified atom stereocenters. The molecule has 1 N–H and O–H groups in total. The molecule has 0 aromatic carbocycles. The molecule has 1 aliphatic rings. The van der Waals surface area contributed by atoms with Crippen molar-refractivity contribution in [2.75, 3.05) is 13.2 Å². The van der Waals surface area contributed by atoms with Crippen molar-refractivity contribution < 1.29 is 4.74 Å². The number of H-pyrrole nitrogens is 1. The van der Waals surface area contributed by atoms with Crippen LogP contribution >= 0.6 is 28.1 Å². The molecule has 3 nitrogen and oxygen atoms in total. The van der Waals surface area contributed by atoms with Crippen molar-refractivity contribution in [3.8, 4) is 0 Å². The third-order valence-electron chi connectivity index (χ3n) is 3.17. The molecule has 2 heterocycles. The van der Waals surface area contributed by atoms with Crippen molar-refractivity contribution in [2.45, 2.75) is 39.0 Å². The first-order valence-corrected chi connectivity index (χ1v) is 7.45. The lowest BCUT2D eigenvalue weighted by Crippen LogP contribution is -2.18. The van der Waals surface area contributed by atoms with Crippen LogP contribution in [-0.4, -0.2) is 23.2 Å². The maximum absolute atomic E-state index is 5.40. The molecule has 5 heteroatoms. The SMILES string of the molecule is CC(C)(C)c1[nH]c(CC2CCOC2)nc(=S)c1Br. The highest BCUT2D eigenvalue weighted by atomic mass is 79.9. The lowest BCUT2D eigenvalue weighted by molar-refractivity contribution is 0.185. The van der Waals surface area contributed by atoms with Gasteiger partial charge in [-0.05, 0) is 28.3 Å². The summed E-state index contributed by atoms with van der Waals surface area (Å²) in [5, 5.41) is 0. The molecule has 1 saturated heterocycles. The van der Waals surface area contributed by atoms with Crippen molar-refractivity contribution in [1.29, 1.82) is 0 Å². The normalized spacial score (nSPS) is 20.3. The maximum atomic E-state index is 5.40. The van der Waals surface area contributed by atoms with Gasteiger partial charge in [0.15, 0.2) is 0 Å². The number of hydrogen-bond donors (Lipinski definition) is 1. The number of nitrogens with zero attached hydrogens (tertiary/aromatic N) is 1. The standard InChI is InChI=1S/C13H19BrN2OS/c1-13(2,3)11-10(14)12(18)16-9(15-11)6-8-4-5-17-7-8/h8H,4-7H2,1-3H3,(H,15,16,18). The molecule has 0 amide bonds. The summed E-state index contributed by atoms with van der Waals surface area (Å²) in [6.45, 7) is 8.21. The van der Waals surface area contributed by atoms with Crippen LogP contribution in [0.5, 0.6) is 0 Å². The van der Waals surface area contributed by atoms with Crippen LogP contribution in [0, 0.1) is 10.6 Å². The predicted molar refractivity (Wildman–Crippen MR) is 78.5 cm³/mol. The highest BCUT2D eigenvalue weighted by Gasteiger charge is 2.22. The van der Waals surface area contributed by atoms with Crippen LogP contribution in [-0.2, 0) is 16.6 Å². The van der Waals surface area contributed by atoms with E-state index >= 15 is 0 Å². The third-order valence-corrected chi connectivity index (χ3v) is 4.50. The molecule has 100 valence electrons. The molecule has 18 heavy (non-hydrogen) atoms. The Balaban J connectivity index is 2.32. The fourth-order valence-electron chi connectivity index (χ4n) is 2.14. The summed E-state index contributed by atoms with van der Waals surface area (Å²) in [5.41, 5.74) is 1.15. The Morgan fingerprint density at radius 3 is 2.78 bits per heavy atom. The molecule has 2 rings (SSSR count). The van der Waals surface area contributed by atoms with Crippen LogP contribution in [0.25, 0.3) is 0 Å². The topological polar surface area (TPSA) is 37.9 Å². The minimum atomic E-state index is 0.0241. The van der Waals surface area contributed by atoms with Gasteiger partial charge in [0.25, 0.3) is 0 Å². The van der Waals surface area contributed by atoms with Crippen LogP contribution < -0.4 is 0 Å². The number of nitrogens with one attached hydrogen (secondary N) is 1. The number of halogens is 1. The van der Waals surface area contributed by atoms with E-state index in [9.17, 15) is 0 Å². The zero-order chi connectivity index (χ0) is 13.3. The molecule has 1 aliphatic heterocycles. The second-order valence-electron chi connectivity index (χ2n) is 5.86. The van der Waals surface area contributed by atoms with Gasteiger partial charge in [-0.2, -0.15) is 0 Å². The van der Waals surface area contributed by atoms with Crippen LogP contribution in [0.15, 0.2) is 4.47 Å². The second-order valence-corrected chi connectivity index (χ2v) is 7.04. The van der Waals surface area contributed by atoms with Crippen molar-refractivity contribution in [3.63, 3.8) is 0 Å². The summed E-state index contributed by atoms with van der Waals surface area (Å²) in [7, 11) is 0. The number of aromatic amines is 1. The minimum absolute atomic E-state index is 0.0241. The van der Waals surface area contributed by atoms with Gasteiger partial charge in [-0.25, -0.2) is 4.98 Å². The molecule has 1 aromatic heterocycles. The monoisotopic (exact) mass is 330 g/mol. The molecule has 1 atom stereocenters. The lowest BCUT2D eigenvalue weighted by atomic mass is 9.92. The summed E-state index contributed by atoms with van der Waals surface area (Å²) in [5.74, 6) is 1.54. The largest absolute Gasteiger partial charge is 0.381 e. The molecule has 0 radical (unpaired) electrons. The molecular weight excluding hydrogens is 312 g/mol. The van der Waals surface area contributed by atoms with Gasteiger partial charge in [-0.1, -0.05) is 33.0 Å². The van der Waals surface area contributed by atoms with Crippen LogP contribution in [0.2, 0.25) is 0 Å². The van der Waals surface area contributed by atoms with E-state index in [1.165, 1.54) is 0 Å². The molecule has 0 bridgehead atoms. The molecule has 0 aliphatic carbocycles. The highest BCUT2D eigenvalue weighted by Crippen LogP contribution is 2.29. The van der Waals surface area contributed by atoms with Crippen molar-refractivity contribution in [1.82, 2.24) is 9.97 Å². The zero-order valence-electron chi connectivity index (χ0n) is 11.0. The van der Waals surface area contributed by atoms with Crippen molar-refractivity contribution in [3.05, 3.63) is 20.6 Å². The van der Waals surface area contributed by atoms with Gasteiger partial charge in [-0.15, -0.1) is 0 Å². The summed E-state index contributed by atoms with van der Waals surface area (Å²) >= 11 is 8.87. The van der Waals surface area contributed by atoms with Gasteiger partial charge in [0.05, 0.1) is 4.47 Å². The summed E-state index contributed by atoms with van der Waals surface area (Å²) < 4.78 is 6.96.